The fourth-order valence-electron chi connectivity index (χ4n) is 1.65. The Balaban J connectivity index is 1.87. The number of ether oxygens (including phenoxy) is 2. The fraction of sp³-hybridized carbons (Fsp3) is 0.538. The topological polar surface area (TPSA) is 30.5 Å². The summed E-state index contributed by atoms with van der Waals surface area (Å²) in [5.41, 5.74) is 0.806. The molecule has 1 aliphatic rings. The van der Waals surface area contributed by atoms with Gasteiger partial charge in [-0.15, -0.1) is 0 Å². The summed E-state index contributed by atoms with van der Waals surface area (Å²) in [6.45, 7) is -1.26. The lowest BCUT2D eigenvalue weighted by atomic mass is 10.2. The standard InChI is InChI=1S/C13H15ClF3NO2/c14-11-3-1-2-9(6-18-10-4-5-10)12(11)20-8-19-7-13(15,16)17/h1-3,10,18H,4-8H2. The zero-order valence-corrected chi connectivity index (χ0v) is 11.4. The lowest BCUT2D eigenvalue weighted by Gasteiger charge is -2.14. The van der Waals surface area contributed by atoms with Crippen molar-refractivity contribution in [2.75, 3.05) is 13.4 Å². The zero-order chi connectivity index (χ0) is 14.6. The van der Waals surface area contributed by atoms with E-state index in [1.807, 2.05) is 6.07 Å². The second-order valence-corrected chi connectivity index (χ2v) is 5.02. The highest BCUT2D eigenvalue weighted by atomic mass is 35.5. The van der Waals surface area contributed by atoms with Gasteiger partial charge in [-0.25, -0.2) is 0 Å². The van der Waals surface area contributed by atoms with Crippen molar-refractivity contribution in [3.8, 4) is 5.75 Å². The van der Waals surface area contributed by atoms with Crippen molar-refractivity contribution < 1.29 is 22.6 Å². The zero-order valence-electron chi connectivity index (χ0n) is 10.7. The first-order valence-electron chi connectivity index (χ1n) is 6.24. The molecule has 1 N–H and O–H groups in total. The first-order valence-corrected chi connectivity index (χ1v) is 6.61. The van der Waals surface area contributed by atoms with Gasteiger partial charge in [-0.1, -0.05) is 23.7 Å². The van der Waals surface area contributed by atoms with E-state index in [1.54, 1.807) is 12.1 Å². The summed E-state index contributed by atoms with van der Waals surface area (Å²) in [5, 5.41) is 3.65. The maximum absolute atomic E-state index is 11.9. The molecule has 0 bridgehead atoms. The van der Waals surface area contributed by atoms with Crippen LogP contribution < -0.4 is 10.1 Å². The number of hydrogen-bond acceptors (Lipinski definition) is 3. The van der Waals surface area contributed by atoms with Crippen molar-refractivity contribution >= 4 is 11.6 Å². The molecule has 0 atom stereocenters. The van der Waals surface area contributed by atoms with Gasteiger partial charge in [0.15, 0.2) is 6.79 Å². The van der Waals surface area contributed by atoms with Crippen molar-refractivity contribution in [1.82, 2.24) is 5.32 Å². The number of benzene rings is 1. The van der Waals surface area contributed by atoms with Crippen molar-refractivity contribution in [2.45, 2.75) is 31.6 Å². The van der Waals surface area contributed by atoms with Gasteiger partial charge in [-0.2, -0.15) is 13.2 Å². The van der Waals surface area contributed by atoms with Crippen LogP contribution in [0.4, 0.5) is 13.2 Å². The third-order valence-electron chi connectivity index (χ3n) is 2.76. The highest BCUT2D eigenvalue weighted by molar-refractivity contribution is 6.32. The van der Waals surface area contributed by atoms with Gasteiger partial charge in [0.1, 0.15) is 12.4 Å². The Kier molecular flexibility index (Phi) is 5.12. The summed E-state index contributed by atoms with van der Waals surface area (Å²) in [6.07, 6.45) is -2.07. The predicted octanol–water partition coefficient (Wildman–Crippen LogP) is 3.51. The van der Waals surface area contributed by atoms with Crippen molar-refractivity contribution in [3.05, 3.63) is 28.8 Å². The van der Waals surface area contributed by atoms with E-state index in [4.69, 9.17) is 16.3 Å². The second kappa shape index (κ2) is 6.65. The van der Waals surface area contributed by atoms with Crippen molar-refractivity contribution in [3.63, 3.8) is 0 Å². The van der Waals surface area contributed by atoms with Crippen molar-refractivity contribution in [1.29, 1.82) is 0 Å². The van der Waals surface area contributed by atoms with Gasteiger partial charge in [0, 0.05) is 18.2 Å². The van der Waals surface area contributed by atoms with E-state index in [9.17, 15) is 13.2 Å². The van der Waals surface area contributed by atoms with E-state index in [0.29, 0.717) is 23.4 Å². The molecule has 1 fully saturated rings. The van der Waals surface area contributed by atoms with Crippen LogP contribution in [0, 0.1) is 0 Å². The van der Waals surface area contributed by atoms with Crippen LogP contribution in [0.15, 0.2) is 18.2 Å². The lowest BCUT2D eigenvalue weighted by molar-refractivity contribution is -0.186. The molecule has 0 aliphatic heterocycles. The molecule has 112 valence electrons. The van der Waals surface area contributed by atoms with E-state index in [1.165, 1.54) is 0 Å². The predicted molar refractivity (Wildman–Crippen MR) is 68.8 cm³/mol. The minimum absolute atomic E-state index is 0.357. The first-order chi connectivity index (χ1) is 9.46. The van der Waals surface area contributed by atoms with Gasteiger partial charge in [0.05, 0.1) is 5.02 Å². The Bertz CT molecular complexity index is 450. The normalized spacial score (nSPS) is 15.4. The van der Waals surface area contributed by atoms with E-state index in [0.717, 1.165) is 18.4 Å². The van der Waals surface area contributed by atoms with Gasteiger partial charge in [-0.05, 0) is 18.9 Å². The minimum Gasteiger partial charge on any atom is -0.466 e. The van der Waals surface area contributed by atoms with Crippen LogP contribution in [-0.2, 0) is 11.3 Å². The summed E-state index contributed by atoms with van der Waals surface area (Å²) in [5.74, 6) is 0.365. The molecule has 1 aromatic carbocycles. The number of para-hydroxylation sites is 1. The molecule has 0 aromatic heterocycles. The number of hydrogen-bond donors (Lipinski definition) is 1. The molecule has 0 saturated heterocycles. The van der Waals surface area contributed by atoms with E-state index < -0.39 is 19.6 Å². The number of halogens is 4. The third kappa shape index (κ3) is 5.19. The van der Waals surface area contributed by atoms with Crippen LogP contribution in [0.3, 0.4) is 0 Å². The van der Waals surface area contributed by atoms with Crippen LogP contribution in [0.25, 0.3) is 0 Å². The van der Waals surface area contributed by atoms with E-state index in [-0.39, 0.29) is 0 Å². The Morgan fingerprint density at radius 1 is 1.30 bits per heavy atom. The van der Waals surface area contributed by atoms with Crippen LogP contribution in [-0.4, -0.2) is 25.6 Å². The highest BCUT2D eigenvalue weighted by Crippen LogP contribution is 2.30. The molecule has 1 aromatic rings. The third-order valence-corrected chi connectivity index (χ3v) is 3.06. The molecular formula is C13H15ClF3NO2. The van der Waals surface area contributed by atoms with Gasteiger partial charge < -0.3 is 14.8 Å². The van der Waals surface area contributed by atoms with Crippen LogP contribution in [0.1, 0.15) is 18.4 Å². The average Bonchev–Trinajstić information content (AvgIpc) is 3.17. The van der Waals surface area contributed by atoms with Crippen LogP contribution in [0.2, 0.25) is 5.02 Å². The Morgan fingerprint density at radius 3 is 2.70 bits per heavy atom. The molecule has 2 rings (SSSR count). The number of alkyl halides is 3. The molecule has 0 spiro atoms. The Hall–Kier alpha value is -0.980. The quantitative estimate of drug-likeness (QED) is 0.617. The van der Waals surface area contributed by atoms with Crippen LogP contribution in [0.5, 0.6) is 5.75 Å². The molecule has 3 nitrogen and oxygen atoms in total. The molecule has 1 saturated carbocycles. The lowest BCUT2D eigenvalue weighted by Crippen LogP contribution is -2.20. The highest BCUT2D eigenvalue weighted by Gasteiger charge is 2.27. The molecule has 7 heteroatoms. The van der Waals surface area contributed by atoms with Gasteiger partial charge in [0.25, 0.3) is 0 Å². The molecular weight excluding hydrogens is 295 g/mol. The molecule has 0 radical (unpaired) electrons. The van der Waals surface area contributed by atoms with Crippen LogP contribution >= 0.6 is 11.6 Å². The monoisotopic (exact) mass is 309 g/mol. The first kappa shape index (κ1) is 15.4. The number of nitrogens with one attached hydrogen (secondary N) is 1. The summed E-state index contributed by atoms with van der Waals surface area (Å²) in [7, 11) is 0. The molecule has 0 unspecified atom stereocenters. The maximum atomic E-state index is 11.9. The van der Waals surface area contributed by atoms with Gasteiger partial charge in [-0.3, -0.25) is 0 Å². The molecule has 1 aliphatic carbocycles. The van der Waals surface area contributed by atoms with E-state index in [2.05, 4.69) is 10.1 Å². The SMILES string of the molecule is FC(F)(F)COCOc1c(Cl)cccc1CNC1CC1. The summed E-state index contributed by atoms with van der Waals surface area (Å²) in [4.78, 5) is 0. The number of rotatable bonds is 7. The molecule has 0 amide bonds. The van der Waals surface area contributed by atoms with E-state index >= 15 is 0 Å². The molecule has 0 heterocycles. The second-order valence-electron chi connectivity index (χ2n) is 4.61. The summed E-state index contributed by atoms with van der Waals surface area (Å²) >= 11 is 6.00. The summed E-state index contributed by atoms with van der Waals surface area (Å²) < 4.78 is 45.5. The van der Waals surface area contributed by atoms with Crippen molar-refractivity contribution in [2.24, 2.45) is 0 Å². The Labute approximate surface area is 120 Å². The smallest absolute Gasteiger partial charge is 0.411 e. The van der Waals surface area contributed by atoms with Gasteiger partial charge in [0.2, 0.25) is 0 Å². The minimum atomic E-state index is -4.36. The Morgan fingerprint density at radius 2 is 2.05 bits per heavy atom. The maximum Gasteiger partial charge on any atom is 0.411 e. The average molecular weight is 310 g/mol. The fourth-order valence-corrected chi connectivity index (χ4v) is 1.90. The van der Waals surface area contributed by atoms with Gasteiger partial charge >= 0.3 is 6.18 Å². The summed E-state index contributed by atoms with van der Waals surface area (Å²) in [6, 6.07) is 5.74. The molecule has 20 heavy (non-hydrogen) atoms. The largest absolute Gasteiger partial charge is 0.466 e.